The smallest absolute Gasteiger partial charge is 0.152 e. The van der Waals surface area contributed by atoms with Crippen molar-refractivity contribution in [2.75, 3.05) is 25.2 Å². The summed E-state index contributed by atoms with van der Waals surface area (Å²) < 4.78 is 28.9. The van der Waals surface area contributed by atoms with Gasteiger partial charge in [-0.2, -0.15) is 0 Å². The SMILES string of the molecule is CNC(C)CCCS(=O)(=O)CC1CCCO1. The quantitative estimate of drug-likeness (QED) is 0.730. The molecule has 0 spiro atoms. The molecule has 0 aliphatic carbocycles. The summed E-state index contributed by atoms with van der Waals surface area (Å²) in [5.74, 6) is 0.500. The van der Waals surface area contributed by atoms with E-state index in [2.05, 4.69) is 12.2 Å². The molecule has 2 atom stereocenters. The lowest BCUT2D eigenvalue weighted by Crippen LogP contribution is -2.25. The molecule has 0 aromatic heterocycles. The van der Waals surface area contributed by atoms with Crippen molar-refractivity contribution >= 4 is 9.84 Å². The van der Waals surface area contributed by atoms with E-state index in [1.165, 1.54) is 0 Å². The van der Waals surface area contributed by atoms with Crippen molar-refractivity contribution in [2.45, 2.75) is 44.8 Å². The molecular formula is C11H23NO3S. The van der Waals surface area contributed by atoms with Crippen LogP contribution in [-0.2, 0) is 14.6 Å². The second kappa shape index (κ2) is 6.57. The monoisotopic (exact) mass is 249 g/mol. The van der Waals surface area contributed by atoms with Gasteiger partial charge in [0, 0.05) is 12.6 Å². The van der Waals surface area contributed by atoms with Gasteiger partial charge in [0.1, 0.15) is 0 Å². The summed E-state index contributed by atoms with van der Waals surface area (Å²) in [6.07, 6.45) is 3.48. The van der Waals surface area contributed by atoms with Crippen molar-refractivity contribution in [2.24, 2.45) is 0 Å². The summed E-state index contributed by atoms with van der Waals surface area (Å²) in [7, 11) is -1.03. The Labute approximate surface area is 98.7 Å². The highest BCUT2D eigenvalue weighted by Gasteiger charge is 2.22. The third-order valence-electron chi connectivity index (χ3n) is 3.05. The number of rotatable bonds is 7. The van der Waals surface area contributed by atoms with Crippen molar-refractivity contribution < 1.29 is 13.2 Å². The Kier molecular flexibility index (Phi) is 5.72. The van der Waals surface area contributed by atoms with Gasteiger partial charge in [-0.1, -0.05) is 0 Å². The van der Waals surface area contributed by atoms with Gasteiger partial charge >= 0.3 is 0 Å². The Morgan fingerprint density at radius 1 is 1.50 bits per heavy atom. The maximum absolute atomic E-state index is 11.8. The molecule has 2 unspecified atom stereocenters. The van der Waals surface area contributed by atoms with E-state index >= 15 is 0 Å². The Morgan fingerprint density at radius 3 is 2.81 bits per heavy atom. The fourth-order valence-corrected chi connectivity index (χ4v) is 3.50. The highest BCUT2D eigenvalue weighted by Crippen LogP contribution is 2.15. The van der Waals surface area contributed by atoms with Gasteiger partial charge in [0.05, 0.1) is 17.6 Å². The molecule has 96 valence electrons. The minimum absolute atomic E-state index is 0.0493. The van der Waals surface area contributed by atoms with E-state index in [4.69, 9.17) is 4.74 Å². The van der Waals surface area contributed by atoms with Gasteiger partial charge in [-0.15, -0.1) is 0 Å². The average molecular weight is 249 g/mol. The van der Waals surface area contributed by atoms with Crippen LogP contribution in [0.3, 0.4) is 0 Å². The second-order valence-electron chi connectivity index (χ2n) is 4.58. The number of ether oxygens (including phenoxy) is 1. The maximum Gasteiger partial charge on any atom is 0.152 e. The summed E-state index contributed by atoms with van der Waals surface area (Å²) >= 11 is 0. The summed E-state index contributed by atoms with van der Waals surface area (Å²) in [6.45, 7) is 2.78. The van der Waals surface area contributed by atoms with E-state index in [1.54, 1.807) is 0 Å². The summed E-state index contributed by atoms with van der Waals surface area (Å²) in [6, 6.07) is 0.387. The molecule has 1 saturated heterocycles. The first kappa shape index (κ1) is 13.9. The molecule has 4 nitrogen and oxygen atoms in total. The van der Waals surface area contributed by atoms with Gasteiger partial charge in [-0.05, 0) is 39.7 Å². The minimum atomic E-state index is -2.92. The molecule has 0 saturated carbocycles. The molecule has 0 aromatic carbocycles. The molecule has 0 aromatic rings. The lowest BCUT2D eigenvalue weighted by Gasteiger charge is -2.12. The Balaban J connectivity index is 2.23. The van der Waals surface area contributed by atoms with Crippen LogP contribution in [0.5, 0.6) is 0 Å². The van der Waals surface area contributed by atoms with Crippen LogP contribution in [0.2, 0.25) is 0 Å². The molecule has 1 heterocycles. The highest BCUT2D eigenvalue weighted by atomic mass is 32.2. The van der Waals surface area contributed by atoms with Crippen molar-refractivity contribution in [1.29, 1.82) is 0 Å². The summed E-state index contributed by atoms with van der Waals surface area (Å²) in [5.41, 5.74) is 0. The normalized spacial score (nSPS) is 23.5. The molecular weight excluding hydrogens is 226 g/mol. The van der Waals surface area contributed by atoms with E-state index in [0.717, 1.165) is 32.3 Å². The van der Waals surface area contributed by atoms with Crippen LogP contribution in [0.4, 0.5) is 0 Å². The molecule has 1 fully saturated rings. The first-order valence-electron chi connectivity index (χ1n) is 6.03. The highest BCUT2D eigenvalue weighted by molar-refractivity contribution is 7.91. The van der Waals surface area contributed by atoms with Crippen LogP contribution in [0.1, 0.15) is 32.6 Å². The van der Waals surface area contributed by atoms with Gasteiger partial charge < -0.3 is 10.1 Å². The molecule has 16 heavy (non-hydrogen) atoms. The van der Waals surface area contributed by atoms with Crippen LogP contribution in [0.25, 0.3) is 0 Å². The van der Waals surface area contributed by atoms with Crippen LogP contribution in [0.15, 0.2) is 0 Å². The Morgan fingerprint density at radius 2 is 2.25 bits per heavy atom. The van der Waals surface area contributed by atoms with Crippen LogP contribution >= 0.6 is 0 Å². The van der Waals surface area contributed by atoms with Crippen molar-refractivity contribution in [3.05, 3.63) is 0 Å². The zero-order valence-electron chi connectivity index (χ0n) is 10.2. The van der Waals surface area contributed by atoms with Crippen LogP contribution in [0, 0.1) is 0 Å². The largest absolute Gasteiger partial charge is 0.377 e. The van der Waals surface area contributed by atoms with Gasteiger partial charge in [-0.3, -0.25) is 0 Å². The van der Waals surface area contributed by atoms with Crippen molar-refractivity contribution in [3.63, 3.8) is 0 Å². The summed E-state index contributed by atoms with van der Waals surface area (Å²) in [4.78, 5) is 0. The molecule has 0 radical (unpaired) electrons. The average Bonchev–Trinajstić information content (AvgIpc) is 2.69. The molecule has 1 aliphatic rings. The van der Waals surface area contributed by atoms with Crippen molar-refractivity contribution in [1.82, 2.24) is 5.32 Å². The summed E-state index contributed by atoms with van der Waals surface area (Å²) in [5, 5.41) is 3.10. The predicted octanol–water partition coefficient (Wildman–Crippen LogP) is 0.968. The van der Waals surface area contributed by atoms with Crippen LogP contribution in [-0.4, -0.2) is 45.7 Å². The lowest BCUT2D eigenvalue weighted by atomic mass is 10.2. The molecule has 1 rings (SSSR count). The van der Waals surface area contributed by atoms with E-state index in [1.807, 2.05) is 7.05 Å². The Hall–Kier alpha value is -0.130. The number of nitrogens with one attached hydrogen (secondary N) is 1. The fraction of sp³-hybridized carbons (Fsp3) is 1.00. The van der Waals surface area contributed by atoms with Crippen molar-refractivity contribution in [3.8, 4) is 0 Å². The van der Waals surface area contributed by atoms with E-state index in [9.17, 15) is 8.42 Å². The van der Waals surface area contributed by atoms with Gasteiger partial charge in [0.2, 0.25) is 0 Å². The first-order valence-corrected chi connectivity index (χ1v) is 7.85. The van der Waals surface area contributed by atoms with Gasteiger partial charge in [0.25, 0.3) is 0 Å². The lowest BCUT2D eigenvalue weighted by molar-refractivity contribution is 0.127. The fourth-order valence-electron chi connectivity index (χ4n) is 1.90. The zero-order chi connectivity index (χ0) is 12.0. The minimum Gasteiger partial charge on any atom is -0.377 e. The Bertz CT molecular complexity index is 284. The van der Waals surface area contributed by atoms with E-state index in [0.29, 0.717) is 11.8 Å². The molecule has 1 N–H and O–H groups in total. The van der Waals surface area contributed by atoms with Gasteiger partial charge in [-0.25, -0.2) is 8.42 Å². The topological polar surface area (TPSA) is 55.4 Å². The number of sulfone groups is 1. The maximum atomic E-state index is 11.8. The third kappa shape index (κ3) is 5.27. The molecule has 0 bridgehead atoms. The zero-order valence-corrected chi connectivity index (χ0v) is 11.1. The first-order chi connectivity index (χ1) is 7.53. The van der Waals surface area contributed by atoms with E-state index < -0.39 is 9.84 Å². The van der Waals surface area contributed by atoms with E-state index in [-0.39, 0.29) is 11.9 Å². The molecule has 0 amide bonds. The molecule has 5 heteroatoms. The number of hydrogen-bond donors (Lipinski definition) is 1. The second-order valence-corrected chi connectivity index (χ2v) is 6.81. The standard InChI is InChI=1S/C11H23NO3S/c1-10(12-2)5-4-8-16(13,14)9-11-6-3-7-15-11/h10-12H,3-9H2,1-2H3. The third-order valence-corrected chi connectivity index (χ3v) is 4.84. The van der Waals surface area contributed by atoms with Crippen LogP contribution < -0.4 is 5.32 Å². The molecule has 1 aliphatic heterocycles. The predicted molar refractivity (Wildman–Crippen MR) is 65.4 cm³/mol. The number of hydrogen-bond acceptors (Lipinski definition) is 4. The van der Waals surface area contributed by atoms with Gasteiger partial charge in [0.15, 0.2) is 9.84 Å².